The maximum absolute atomic E-state index is 11.1. The van der Waals surface area contributed by atoms with Crippen molar-refractivity contribution in [3.8, 4) is 0 Å². The van der Waals surface area contributed by atoms with Crippen LogP contribution in [-0.4, -0.2) is 42.3 Å². The van der Waals surface area contributed by atoms with Crippen LogP contribution in [0.15, 0.2) is 0 Å². The number of carbonyl (C=O) groups is 3. The lowest BCUT2D eigenvalue weighted by Crippen LogP contribution is -2.44. The Labute approximate surface area is 93.2 Å². The molecule has 0 aromatic heterocycles. The number of carbonyl (C=O) groups excluding carboxylic acids is 2. The van der Waals surface area contributed by atoms with Crippen LogP contribution >= 0.6 is 0 Å². The number of esters is 1. The van der Waals surface area contributed by atoms with Gasteiger partial charge in [0.05, 0.1) is 13.0 Å². The Morgan fingerprint density at radius 2 is 2.00 bits per heavy atom. The minimum absolute atomic E-state index is 0.0582. The number of hydrogen-bond donors (Lipinski definition) is 3. The molecule has 0 aromatic rings. The lowest BCUT2D eigenvalue weighted by molar-refractivity contribution is -0.143. The highest BCUT2D eigenvalue weighted by atomic mass is 16.5. The number of carboxylic acid groups (broad SMARTS) is 1. The summed E-state index contributed by atoms with van der Waals surface area (Å²) in [6.07, 6.45) is 0.0582. The Morgan fingerprint density at radius 1 is 1.38 bits per heavy atom. The molecule has 2 amide bonds. The van der Waals surface area contributed by atoms with E-state index in [-0.39, 0.29) is 13.0 Å². The molecular formula is C9H16N2O5. The summed E-state index contributed by atoms with van der Waals surface area (Å²) in [7, 11) is 0. The maximum Gasteiger partial charge on any atom is 0.325 e. The minimum Gasteiger partial charge on any atom is -0.480 e. The molecule has 0 saturated carbocycles. The van der Waals surface area contributed by atoms with E-state index in [1.54, 1.807) is 6.92 Å². The van der Waals surface area contributed by atoms with E-state index >= 15 is 0 Å². The predicted molar refractivity (Wildman–Crippen MR) is 54.9 cm³/mol. The molecule has 0 spiro atoms. The van der Waals surface area contributed by atoms with Crippen molar-refractivity contribution in [2.24, 2.45) is 0 Å². The molecule has 3 N–H and O–H groups in total. The Kier molecular flexibility index (Phi) is 6.66. The van der Waals surface area contributed by atoms with Crippen molar-refractivity contribution in [2.75, 3.05) is 13.2 Å². The summed E-state index contributed by atoms with van der Waals surface area (Å²) in [5.74, 6) is -1.53. The van der Waals surface area contributed by atoms with Gasteiger partial charge in [-0.25, -0.2) is 4.79 Å². The van der Waals surface area contributed by atoms with Crippen molar-refractivity contribution in [2.45, 2.75) is 26.3 Å². The largest absolute Gasteiger partial charge is 0.480 e. The van der Waals surface area contributed by atoms with Gasteiger partial charge in [-0.1, -0.05) is 0 Å². The zero-order valence-electron chi connectivity index (χ0n) is 9.28. The summed E-state index contributed by atoms with van der Waals surface area (Å²) in [5.41, 5.74) is 0. The molecule has 0 bridgehead atoms. The van der Waals surface area contributed by atoms with Crippen molar-refractivity contribution < 1.29 is 24.2 Å². The molecule has 0 saturated heterocycles. The van der Waals surface area contributed by atoms with E-state index in [0.29, 0.717) is 6.61 Å². The van der Waals surface area contributed by atoms with Crippen molar-refractivity contribution in [3.05, 3.63) is 0 Å². The number of aliphatic carboxylic acids is 1. The molecule has 16 heavy (non-hydrogen) atoms. The van der Waals surface area contributed by atoms with E-state index in [4.69, 9.17) is 5.11 Å². The Morgan fingerprint density at radius 3 is 2.50 bits per heavy atom. The fourth-order valence-corrected chi connectivity index (χ4v) is 0.821. The lowest BCUT2D eigenvalue weighted by Gasteiger charge is -2.10. The number of carboxylic acids is 1. The maximum atomic E-state index is 11.1. The molecule has 1 atom stereocenters. The van der Waals surface area contributed by atoms with Gasteiger partial charge in [0, 0.05) is 6.54 Å². The molecule has 0 unspecified atom stereocenters. The summed E-state index contributed by atoms with van der Waals surface area (Å²) in [6.45, 7) is 3.43. The SMILES string of the molecule is CCOC(=O)CCNC(=O)N[C@H](C)C(=O)O. The monoisotopic (exact) mass is 232 g/mol. The summed E-state index contributed by atoms with van der Waals surface area (Å²) >= 11 is 0. The Balaban J connectivity index is 3.66. The lowest BCUT2D eigenvalue weighted by atomic mass is 10.3. The van der Waals surface area contributed by atoms with Gasteiger partial charge < -0.3 is 20.5 Å². The van der Waals surface area contributed by atoms with Gasteiger partial charge in [-0.3, -0.25) is 9.59 Å². The topological polar surface area (TPSA) is 105 Å². The molecule has 0 aliphatic carbocycles. The first kappa shape index (κ1) is 14.2. The third-order valence-corrected chi connectivity index (χ3v) is 1.64. The van der Waals surface area contributed by atoms with E-state index in [9.17, 15) is 14.4 Å². The van der Waals surface area contributed by atoms with E-state index in [2.05, 4.69) is 15.4 Å². The molecule has 0 aliphatic rings. The Bertz CT molecular complexity index is 267. The first-order valence-electron chi connectivity index (χ1n) is 4.90. The van der Waals surface area contributed by atoms with Crippen LogP contribution in [0.2, 0.25) is 0 Å². The van der Waals surface area contributed by atoms with Crippen LogP contribution in [0.4, 0.5) is 4.79 Å². The summed E-state index contributed by atoms with van der Waals surface area (Å²) in [6, 6.07) is -1.60. The van der Waals surface area contributed by atoms with Crippen LogP contribution in [0.5, 0.6) is 0 Å². The van der Waals surface area contributed by atoms with Gasteiger partial charge in [0.15, 0.2) is 0 Å². The summed E-state index contributed by atoms with van der Waals surface area (Å²) < 4.78 is 4.64. The number of amides is 2. The van der Waals surface area contributed by atoms with Crippen LogP contribution in [-0.2, 0) is 14.3 Å². The second kappa shape index (κ2) is 7.49. The highest BCUT2D eigenvalue weighted by molar-refractivity contribution is 5.82. The van der Waals surface area contributed by atoms with Crippen molar-refractivity contribution in [1.29, 1.82) is 0 Å². The first-order valence-corrected chi connectivity index (χ1v) is 4.90. The highest BCUT2D eigenvalue weighted by Gasteiger charge is 2.13. The van der Waals surface area contributed by atoms with Gasteiger partial charge in [0.2, 0.25) is 0 Å². The fourth-order valence-electron chi connectivity index (χ4n) is 0.821. The first-order chi connectivity index (χ1) is 7.47. The average molecular weight is 232 g/mol. The number of rotatable bonds is 6. The smallest absolute Gasteiger partial charge is 0.325 e. The van der Waals surface area contributed by atoms with Gasteiger partial charge in [-0.05, 0) is 13.8 Å². The van der Waals surface area contributed by atoms with Crippen molar-refractivity contribution in [3.63, 3.8) is 0 Å². The van der Waals surface area contributed by atoms with Gasteiger partial charge >= 0.3 is 18.0 Å². The third kappa shape index (κ3) is 6.63. The minimum atomic E-state index is -1.12. The summed E-state index contributed by atoms with van der Waals surface area (Å²) in [5, 5.41) is 13.0. The van der Waals surface area contributed by atoms with Crippen LogP contribution in [0.3, 0.4) is 0 Å². The van der Waals surface area contributed by atoms with Crippen LogP contribution < -0.4 is 10.6 Å². The quantitative estimate of drug-likeness (QED) is 0.546. The van der Waals surface area contributed by atoms with Gasteiger partial charge in [-0.15, -0.1) is 0 Å². The van der Waals surface area contributed by atoms with E-state index < -0.39 is 24.0 Å². The molecule has 0 aromatic carbocycles. The normalized spacial score (nSPS) is 11.4. The molecule has 0 aliphatic heterocycles. The molecule has 0 fully saturated rings. The van der Waals surface area contributed by atoms with Gasteiger partial charge in [0.25, 0.3) is 0 Å². The molecule has 0 rings (SSSR count). The average Bonchev–Trinajstić information content (AvgIpc) is 2.17. The zero-order valence-corrected chi connectivity index (χ0v) is 9.28. The van der Waals surface area contributed by atoms with Crippen molar-refractivity contribution in [1.82, 2.24) is 10.6 Å². The molecule has 0 radical (unpaired) electrons. The number of hydrogen-bond acceptors (Lipinski definition) is 4. The van der Waals surface area contributed by atoms with Crippen LogP contribution in [0, 0.1) is 0 Å². The molecule has 0 heterocycles. The standard InChI is InChI=1S/C9H16N2O5/c1-3-16-7(12)4-5-10-9(15)11-6(2)8(13)14/h6H,3-5H2,1-2H3,(H,13,14)(H2,10,11,15)/t6-/m1/s1. The molecule has 92 valence electrons. The number of ether oxygens (including phenoxy) is 1. The van der Waals surface area contributed by atoms with E-state index in [1.807, 2.05) is 0 Å². The molecular weight excluding hydrogens is 216 g/mol. The van der Waals surface area contributed by atoms with Crippen LogP contribution in [0.25, 0.3) is 0 Å². The molecule has 7 heteroatoms. The second-order valence-corrected chi connectivity index (χ2v) is 3.02. The second-order valence-electron chi connectivity index (χ2n) is 3.02. The Hall–Kier alpha value is -1.79. The van der Waals surface area contributed by atoms with E-state index in [0.717, 1.165) is 0 Å². The number of urea groups is 1. The van der Waals surface area contributed by atoms with Crippen LogP contribution in [0.1, 0.15) is 20.3 Å². The predicted octanol–water partition coefficient (Wildman–Crippen LogP) is -0.288. The van der Waals surface area contributed by atoms with Gasteiger partial charge in [-0.2, -0.15) is 0 Å². The summed E-state index contributed by atoms with van der Waals surface area (Å²) in [4.78, 5) is 32.3. The third-order valence-electron chi connectivity index (χ3n) is 1.64. The molecule has 7 nitrogen and oxygen atoms in total. The highest BCUT2D eigenvalue weighted by Crippen LogP contribution is 1.85. The fraction of sp³-hybridized carbons (Fsp3) is 0.667. The van der Waals surface area contributed by atoms with Gasteiger partial charge in [0.1, 0.15) is 6.04 Å². The number of nitrogens with one attached hydrogen (secondary N) is 2. The zero-order chi connectivity index (χ0) is 12.6. The van der Waals surface area contributed by atoms with Crippen molar-refractivity contribution >= 4 is 18.0 Å². The van der Waals surface area contributed by atoms with E-state index in [1.165, 1.54) is 6.92 Å².